The molecule has 0 saturated carbocycles. The SMILES string of the molecule is C=C(C)Cn1c(SCC(=O)N/N=C\c2cccc([N+](=O)[O-])c2)nc2ccccc2c1=O. The van der Waals surface area contributed by atoms with Crippen LogP contribution in [0, 0.1) is 10.1 Å². The van der Waals surface area contributed by atoms with Crippen LogP contribution in [0.3, 0.4) is 0 Å². The Morgan fingerprint density at radius 3 is 2.84 bits per heavy atom. The van der Waals surface area contributed by atoms with E-state index in [9.17, 15) is 19.7 Å². The third-order valence-electron chi connectivity index (χ3n) is 4.07. The van der Waals surface area contributed by atoms with Crippen molar-refractivity contribution in [3.63, 3.8) is 0 Å². The van der Waals surface area contributed by atoms with E-state index < -0.39 is 10.8 Å². The number of aromatic nitrogens is 2. The van der Waals surface area contributed by atoms with Gasteiger partial charge in [-0.3, -0.25) is 24.3 Å². The number of carbonyl (C=O) groups excluding carboxylic acids is 1. The van der Waals surface area contributed by atoms with Gasteiger partial charge in [0.25, 0.3) is 17.2 Å². The molecular formula is C21H19N5O4S. The normalized spacial score (nSPS) is 11.0. The van der Waals surface area contributed by atoms with E-state index in [2.05, 4.69) is 22.1 Å². The zero-order valence-electron chi connectivity index (χ0n) is 16.6. The number of hydrogen-bond donors (Lipinski definition) is 1. The first kappa shape index (κ1) is 21.9. The molecule has 3 aromatic rings. The number of rotatable bonds is 8. The summed E-state index contributed by atoms with van der Waals surface area (Å²) < 4.78 is 1.50. The van der Waals surface area contributed by atoms with E-state index in [1.54, 1.807) is 30.3 Å². The Kier molecular flexibility index (Phi) is 6.93. The summed E-state index contributed by atoms with van der Waals surface area (Å²) in [4.78, 5) is 39.8. The van der Waals surface area contributed by atoms with Gasteiger partial charge in [0.1, 0.15) is 0 Å². The Bertz CT molecular complexity index is 1250. The van der Waals surface area contributed by atoms with E-state index in [0.29, 0.717) is 28.2 Å². The smallest absolute Gasteiger partial charge is 0.270 e. The first-order chi connectivity index (χ1) is 14.8. The molecule has 0 radical (unpaired) electrons. The fourth-order valence-electron chi connectivity index (χ4n) is 2.73. The van der Waals surface area contributed by atoms with Crippen LogP contribution in [-0.2, 0) is 11.3 Å². The molecule has 0 aliphatic heterocycles. The third kappa shape index (κ3) is 5.64. The molecule has 9 nitrogen and oxygen atoms in total. The monoisotopic (exact) mass is 437 g/mol. The highest BCUT2D eigenvalue weighted by atomic mass is 32.2. The van der Waals surface area contributed by atoms with Gasteiger partial charge in [-0.15, -0.1) is 0 Å². The predicted molar refractivity (Wildman–Crippen MR) is 120 cm³/mol. The van der Waals surface area contributed by atoms with E-state index in [-0.39, 0.29) is 17.0 Å². The summed E-state index contributed by atoms with van der Waals surface area (Å²) in [6.07, 6.45) is 1.32. The quantitative estimate of drug-likeness (QED) is 0.144. The Morgan fingerprint density at radius 1 is 1.32 bits per heavy atom. The Labute approximate surface area is 181 Å². The van der Waals surface area contributed by atoms with Crippen LogP contribution in [0.25, 0.3) is 10.9 Å². The zero-order valence-corrected chi connectivity index (χ0v) is 17.5. The van der Waals surface area contributed by atoms with Crippen molar-refractivity contribution in [2.45, 2.75) is 18.6 Å². The largest absolute Gasteiger partial charge is 0.283 e. The summed E-state index contributed by atoms with van der Waals surface area (Å²) in [5, 5.41) is 15.5. The maximum Gasteiger partial charge on any atom is 0.270 e. The Balaban J connectivity index is 1.71. The van der Waals surface area contributed by atoms with Gasteiger partial charge in [-0.25, -0.2) is 10.4 Å². The number of nitro groups is 1. The Morgan fingerprint density at radius 2 is 2.10 bits per heavy atom. The fraction of sp³-hybridized carbons (Fsp3) is 0.143. The molecule has 1 aromatic heterocycles. The third-order valence-corrected chi connectivity index (χ3v) is 5.05. The van der Waals surface area contributed by atoms with Crippen molar-refractivity contribution in [3.8, 4) is 0 Å². The first-order valence-corrected chi connectivity index (χ1v) is 10.2. The van der Waals surface area contributed by atoms with Gasteiger partial charge in [-0.1, -0.05) is 48.2 Å². The maximum atomic E-state index is 12.8. The number of nitrogens with zero attached hydrogens (tertiary/aromatic N) is 4. The number of benzene rings is 2. The first-order valence-electron chi connectivity index (χ1n) is 9.18. The summed E-state index contributed by atoms with van der Waals surface area (Å²) in [6, 6.07) is 12.9. The molecule has 0 atom stereocenters. The van der Waals surface area contributed by atoms with Crippen LogP contribution in [0.5, 0.6) is 0 Å². The summed E-state index contributed by atoms with van der Waals surface area (Å²) in [6.45, 7) is 5.97. The molecule has 10 heteroatoms. The second-order valence-electron chi connectivity index (χ2n) is 6.69. The topological polar surface area (TPSA) is 119 Å². The lowest BCUT2D eigenvalue weighted by Crippen LogP contribution is -2.25. The van der Waals surface area contributed by atoms with Crippen LogP contribution in [0.2, 0.25) is 0 Å². The molecule has 1 heterocycles. The molecule has 0 unspecified atom stereocenters. The molecule has 0 aliphatic carbocycles. The molecule has 2 aromatic carbocycles. The molecule has 0 spiro atoms. The number of nitro benzene ring substituents is 1. The van der Waals surface area contributed by atoms with Crippen LogP contribution < -0.4 is 11.0 Å². The number of nitrogens with one attached hydrogen (secondary N) is 1. The molecule has 1 amide bonds. The number of hydrazone groups is 1. The van der Waals surface area contributed by atoms with E-state index >= 15 is 0 Å². The predicted octanol–water partition coefficient (Wildman–Crippen LogP) is 3.12. The molecule has 158 valence electrons. The second-order valence-corrected chi connectivity index (χ2v) is 7.64. The molecule has 3 rings (SSSR count). The average Bonchev–Trinajstić information content (AvgIpc) is 2.74. The number of fused-ring (bicyclic) bond motifs is 1. The Hall–Kier alpha value is -3.79. The van der Waals surface area contributed by atoms with Crippen molar-refractivity contribution >= 4 is 40.5 Å². The van der Waals surface area contributed by atoms with Gasteiger partial charge in [0, 0.05) is 24.2 Å². The molecular weight excluding hydrogens is 418 g/mol. The summed E-state index contributed by atoms with van der Waals surface area (Å²) in [5.41, 5.74) is 3.93. The minimum Gasteiger partial charge on any atom is -0.283 e. The fourth-order valence-corrected chi connectivity index (χ4v) is 3.52. The van der Waals surface area contributed by atoms with Gasteiger partial charge < -0.3 is 0 Å². The molecule has 0 aliphatic rings. The summed E-state index contributed by atoms with van der Waals surface area (Å²) in [7, 11) is 0. The van der Waals surface area contributed by atoms with Crippen LogP contribution in [-0.4, -0.2) is 32.3 Å². The average molecular weight is 437 g/mol. The highest BCUT2D eigenvalue weighted by Crippen LogP contribution is 2.18. The standard InChI is InChI=1S/C21H19N5O4S/c1-14(2)12-25-20(28)17-8-3-4-9-18(17)23-21(25)31-13-19(27)24-22-11-15-6-5-7-16(10-15)26(29)30/h3-11H,1,12-13H2,2H3,(H,24,27)/b22-11-. The van der Waals surface area contributed by atoms with Gasteiger partial charge >= 0.3 is 0 Å². The summed E-state index contributed by atoms with van der Waals surface area (Å²) in [5.74, 6) is -0.427. The van der Waals surface area contributed by atoms with E-state index in [1.807, 2.05) is 6.92 Å². The van der Waals surface area contributed by atoms with E-state index in [4.69, 9.17) is 0 Å². The van der Waals surface area contributed by atoms with Gasteiger partial charge in [-0.2, -0.15) is 5.10 Å². The summed E-state index contributed by atoms with van der Waals surface area (Å²) >= 11 is 1.11. The van der Waals surface area contributed by atoms with Crippen molar-refractivity contribution in [2.24, 2.45) is 5.10 Å². The van der Waals surface area contributed by atoms with E-state index in [1.165, 1.54) is 29.0 Å². The minimum atomic E-state index is -0.506. The number of hydrogen-bond acceptors (Lipinski definition) is 7. The molecule has 0 bridgehead atoms. The van der Waals surface area contributed by atoms with Crippen molar-refractivity contribution in [3.05, 3.63) is 86.7 Å². The van der Waals surface area contributed by atoms with Gasteiger partial charge in [0.15, 0.2) is 5.16 Å². The molecule has 0 fully saturated rings. The van der Waals surface area contributed by atoms with Crippen molar-refractivity contribution in [1.29, 1.82) is 0 Å². The van der Waals surface area contributed by atoms with Crippen molar-refractivity contribution in [2.75, 3.05) is 5.75 Å². The zero-order chi connectivity index (χ0) is 22.4. The van der Waals surface area contributed by atoms with Crippen molar-refractivity contribution < 1.29 is 9.72 Å². The van der Waals surface area contributed by atoms with Gasteiger partial charge in [-0.05, 0) is 19.1 Å². The van der Waals surface area contributed by atoms with Crippen LogP contribution in [0.1, 0.15) is 12.5 Å². The highest BCUT2D eigenvalue weighted by molar-refractivity contribution is 7.99. The van der Waals surface area contributed by atoms with Crippen molar-refractivity contribution in [1.82, 2.24) is 15.0 Å². The number of para-hydroxylation sites is 1. The molecule has 1 N–H and O–H groups in total. The van der Waals surface area contributed by atoms with E-state index in [0.717, 1.165) is 17.3 Å². The van der Waals surface area contributed by atoms with Crippen LogP contribution >= 0.6 is 11.8 Å². The van der Waals surface area contributed by atoms with Crippen LogP contribution in [0.4, 0.5) is 5.69 Å². The van der Waals surface area contributed by atoms with Gasteiger partial charge in [0.05, 0.1) is 27.8 Å². The number of thioether (sulfide) groups is 1. The number of amides is 1. The maximum absolute atomic E-state index is 12.8. The van der Waals surface area contributed by atoms with Crippen LogP contribution in [0.15, 0.2) is 75.7 Å². The lowest BCUT2D eigenvalue weighted by molar-refractivity contribution is -0.384. The lowest BCUT2D eigenvalue weighted by Gasteiger charge is -2.12. The molecule has 31 heavy (non-hydrogen) atoms. The highest BCUT2D eigenvalue weighted by Gasteiger charge is 2.13. The lowest BCUT2D eigenvalue weighted by atomic mass is 10.2. The minimum absolute atomic E-state index is 0.0206. The number of carbonyl (C=O) groups is 1. The number of non-ortho nitro benzene ring substituents is 1. The van der Waals surface area contributed by atoms with Gasteiger partial charge in [0.2, 0.25) is 0 Å². The number of allylic oxidation sites excluding steroid dienone is 1. The molecule has 0 saturated heterocycles. The second kappa shape index (κ2) is 9.81.